The molecule has 0 atom stereocenters. The van der Waals surface area contributed by atoms with E-state index in [1.165, 1.54) is 11.8 Å². The summed E-state index contributed by atoms with van der Waals surface area (Å²) in [5, 5.41) is 25.8. The molecule has 160 valence electrons. The highest BCUT2D eigenvalue weighted by atomic mass is 32.2. The van der Waals surface area contributed by atoms with Crippen LogP contribution in [0.1, 0.15) is 12.5 Å². The zero-order valence-electron chi connectivity index (χ0n) is 17.7. The smallest absolute Gasteiger partial charge is 0.234 e. The molecule has 32 heavy (non-hydrogen) atoms. The number of carbonyl (C=O) groups excluding carboxylic acids is 1. The monoisotopic (exact) mass is 443 g/mol. The molecule has 0 radical (unpaired) electrons. The van der Waals surface area contributed by atoms with Gasteiger partial charge in [-0.05, 0) is 25.1 Å². The fourth-order valence-corrected chi connectivity index (χ4v) is 4.14. The fourth-order valence-electron chi connectivity index (χ4n) is 3.33. The molecule has 2 heterocycles. The van der Waals surface area contributed by atoms with E-state index < -0.39 is 0 Å². The van der Waals surface area contributed by atoms with Gasteiger partial charge in [-0.2, -0.15) is 10.4 Å². The van der Waals surface area contributed by atoms with Gasteiger partial charge in [-0.15, -0.1) is 10.2 Å². The van der Waals surface area contributed by atoms with Gasteiger partial charge >= 0.3 is 0 Å². The van der Waals surface area contributed by atoms with Crippen LogP contribution in [-0.4, -0.2) is 36.2 Å². The van der Waals surface area contributed by atoms with Crippen molar-refractivity contribution >= 4 is 23.4 Å². The number of thioether (sulfide) groups is 1. The minimum Gasteiger partial charge on any atom is -0.325 e. The first kappa shape index (κ1) is 21.3. The van der Waals surface area contributed by atoms with Crippen LogP contribution in [0.25, 0.3) is 22.6 Å². The van der Waals surface area contributed by atoms with Crippen molar-refractivity contribution in [1.29, 1.82) is 5.26 Å². The summed E-state index contributed by atoms with van der Waals surface area (Å²) in [5.74, 6) is 0.709. The van der Waals surface area contributed by atoms with Crippen molar-refractivity contribution in [3.05, 3.63) is 66.4 Å². The summed E-state index contributed by atoms with van der Waals surface area (Å²) in [6.45, 7) is 2.67. The van der Waals surface area contributed by atoms with E-state index in [0.29, 0.717) is 28.8 Å². The number of rotatable bonds is 7. The summed E-state index contributed by atoms with van der Waals surface area (Å²) in [5.41, 5.74) is 3.81. The molecule has 0 saturated carbocycles. The Morgan fingerprint density at radius 3 is 2.72 bits per heavy atom. The predicted octanol–water partition coefficient (Wildman–Crippen LogP) is 3.97. The number of carbonyl (C=O) groups is 1. The maximum atomic E-state index is 12.4. The molecule has 0 unspecified atom stereocenters. The van der Waals surface area contributed by atoms with Crippen LogP contribution in [0.2, 0.25) is 0 Å². The van der Waals surface area contributed by atoms with Crippen LogP contribution in [-0.2, 0) is 18.4 Å². The number of aryl methyl sites for hydroxylation is 1. The molecular weight excluding hydrogens is 422 g/mol. The van der Waals surface area contributed by atoms with Gasteiger partial charge in [0.15, 0.2) is 11.0 Å². The molecule has 2 aromatic heterocycles. The Kier molecular flexibility index (Phi) is 6.33. The second kappa shape index (κ2) is 9.49. The van der Waals surface area contributed by atoms with Crippen molar-refractivity contribution in [3.8, 4) is 28.7 Å². The van der Waals surface area contributed by atoms with Gasteiger partial charge in [-0.3, -0.25) is 9.48 Å². The number of anilines is 1. The Labute approximate surface area is 189 Å². The van der Waals surface area contributed by atoms with E-state index in [2.05, 4.69) is 26.7 Å². The molecule has 0 aliphatic carbocycles. The van der Waals surface area contributed by atoms with Gasteiger partial charge < -0.3 is 9.88 Å². The molecule has 0 aliphatic heterocycles. The van der Waals surface area contributed by atoms with Crippen molar-refractivity contribution in [2.75, 3.05) is 11.1 Å². The summed E-state index contributed by atoms with van der Waals surface area (Å²) in [7, 11) is 1.88. The van der Waals surface area contributed by atoms with E-state index in [0.717, 1.165) is 16.8 Å². The Morgan fingerprint density at radius 1 is 1.16 bits per heavy atom. The van der Waals surface area contributed by atoms with E-state index in [-0.39, 0.29) is 11.7 Å². The summed E-state index contributed by atoms with van der Waals surface area (Å²) >= 11 is 1.32. The van der Waals surface area contributed by atoms with Crippen molar-refractivity contribution < 1.29 is 4.79 Å². The third kappa shape index (κ3) is 4.55. The molecule has 9 heteroatoms. The summed E-state index contributed by atoms with van der Waals surface area (Å²) in [6, 6.07) is 18.8. The SMILES string of the molecule is CCn1c(SCC(=O)Nc2cccc(C#N)c2)nnc1-c1cn(C)nc1-c1ccccc1. The number of hydrogen-bond acceptors (Lipinski definition) is 6. The highest BCUT2D eigenvalue weighted by molar-refractivity contribution is 7.99. The van der Waals surface area contributed by atoms with E-state index in [9.17, 15) is 4.79 Å². The lowest BCUT2D eigenvalue weighted by molar-refractivity contribution is -0.113. The number of nitriles is 1. The Hall–Kier alpha value is -3.90. The maximum absolute atomic E-state index is 12.4. The van der Waals surface area contributed by atoms with Crippen LogP contribution in [0.15, 0.2) is 66.0 Å². The first-order valence-electron chi connectivity index (χ1n) is 10.0. The lowest BCUT2D eigenvalue weighted by Crippen LogP contribution is -2.14. The van der Waals surface area contributed by atoms with Crippen LogP contribution in [0.4, 0.5) is 5.69 Å². The molecule has 1 N–H and O–H groups in total. The molecule has 0 saturated heterocycles. The number of benzene rings is 2. The Bertz CT molecular complexity index is 1290. The van der Waals surface area contributed by atoms with Crippen LogP contribution in [0.5, 0.6) is 0 Å². The van der Waals surface area contributed by atoms with E-state index >= 15 is 0 Å². The van der Waals surface area contributed by atoms with E-state index in [1.807, 2.05) is 55.1 Å². The van der Waals surface area contributed by atoms with Crippen LogP contribution < -0.4 is 5.32 Å². The van der Waals surface area contributed by atoms with Crippen LogP contribution in [0, 0.1) is 11.3 Å². The van der Waals surface area contributed by atoms with E-state index in [1.54, 1.807) is 28.9 Å². The highest BCUT2D eigenvalue weighted by Gasteiger charge is 2.20. The van der Waals surface area contributed by atoms with Crippen molar-refractivity contribution in [2.24, 2.45) is 7.05 Å². The van der Waals surface area contributed by atoms with Gasteiger partial charge in [-0.25, -0.2) is 0 Å². The molecular formula is C23H21N7OS. The van der Waals surface area contributed by atoms with Crippen molar-refractivity contribution in [3.63, 3.8) is 0 Å². The quantitative estimate of drug-likeness (QED) is 0.434. The normalized spacial score (nSPS) is 10.7. The topological polar surface area (TPSA) is 101 Å². The average molecular weight is 444 g/mol. The summed E-state index contributed by atoms with van der Waals surface area (Å²) in [6.07, 6.45) is 1.93. The molecule has 0 spiro atoms. The molecule has 4 rings (SSSR count). The lowest BCUT2D eigenvalue weighted by atomic mass is 10.1. The number of aromatic nitrogens is 5. The molecule has 1 amide bonds. The predicted molar refractivity (Wildman–Crippen MR) is 124 cm³/mol. The molecule has 8 nitrogen and oxygen atoms in total. The number of hydrogen-bond donors (Lipinski definition) is 1. The van der Waals surface area contributed by atoms with E-state index in [4.69, 9.17) is 5.26 Å². The maximum Gasteiger partial charge on any atom is 0.234 e. The van der Waals surface area contributed by atoms with Crippen LogP contribution >= 0.6 is 11.8 Å². The third-order valence-electron chi connectivity index (χ3n) is 4.76. The second-order valence-electron chi connectivity index (χ2n) is 7.01. The Balaban J connectivity index is 1.53. The van der Waals surface area contributed by atoms with Gasteiger partial charge in [0.1, 0.15) is 5.69 Å². The number of amides is 1. The molecule has 0 aliphatic rings. The second-order valence-corrected chi connectivity index (χ2v) is 7.95. The Morgan fingerprint density at radius 2 is 1.97 bits per heavy atom. The van der Waals surface area contributed by atoms with Gasteiger partial charge in [0.25, 0.3) is 0 Å². The first-order chi connectivity index (χ1) is 15.6. The molecule has 0 bridgehead atoms. The summed E-state index contributed by atoms with van der Waals surface area (Å²) in [4.78, 5) is 12.4. The number of nitrogens with one attached hydrogen (secondary N) is 1. The van der Waals surface area contributed by atoms with Crippen LogP contribution in [0.3, 0.4) is 0 Å². The van der Waals surface area contributed by atoms with Gasteiger partial charge in [0.2, 0.25) is 5.91 Å². The minimum atomic E-state index is -0.177. The van der Waals surface area contributed by atoms with Gasteiger partial charge in [-0.1, -0.05) is 48.2 Å². The average Bonchev–Trinajstić information content (AvgIpc) is 3.41. The van der Waals surface area contributed by atoms with Crippen molar-refractivity contribution in [1.82, 2.24) is 24.5 Å². The zero-order valence-corrected chi connectivity index (χ0v) is 18.5. The van der Waals surface area contributed by atoms with Crippen molar-refractivity contribution in [2.45, 2.75) is 18.6 Å². The first-order valence-corrected chi connectivity index (χ1v) is 11.0. The molecule has 4 aromatic rings. The minimum absolute atomic E-state index is 0.174. The fraction of sp³-hybridized carbons (Fsp3) is 0.174. The van der Waals surface area contributed by atoms with Gasteiger partial charge in [0, 0.05) is 31.0 Å². The third-order valence-corrected chi connectivity index (χ3v) is 5.72. The standard InChI is InChI=1S/C23H21N7OS/c1-3-30-22(19-14-29(2)28-21(19)17-9-5-4-6-10-17)26-27-23(30)32-15-20(31)25-18-11-7-8-16(12-18)13-24/h4-12,14H,3,15H2,1-2H3,(H,25,31). The molecule has 2 aromatic carbocycles. The highest BCUT2D eigenvalue weighted by Crippen LogP contribution is 2.31. The zero-order chi connectivity index (χ0) is 22.5. The van der Waals surface area contributed by atoms with Gasteiger partial charge in [0.05, 0.1) is 22.9 Å². The lowest BCUT2D eigenvalue weighted by Gasteiger charge is -2.08. The largest absolute Gasteiger partial charge is 0.325 e. The molecule has 0 fully saturated rings. The number of nitrogens with zero attached hydrogens (tertiary/aromatic N) is 6. The summed E-state index contributed by atoms with van der Waals surface area (Å²) < 4.78 is 3.75.